The summed E-state index contributed by atoms with van der Waals surface area (Å²) in [6, 6.07) is 0.251. The molecule has 0 aromatic carbocycles. The number of nitrogens with one attached hydrogen (secondary N) is 1. The molecule has 0 aromatic heterocycles. The summed E-state index contributed by atoms with van der Waals surface area (Å²) in [6.07, 6.45) is 5.02. The van der Waals surface area contributed by atoms with Crippen molar-refractivity contribution in [3.05, 3.63) is 0 Å². The van der Waals surface area contributed by atoms with Crippen molar-refractivity contribution in [1.82, 2.24) is 10.2 Å². The van der Waals surface area contributed by atoms with E-state index in [4.69, 9.17) is 0 Å². The number of piperidine rings is 1. The van der Waals surface area contributed by atoms with Gasteiger partial charge in [0, 0.05) is 12.6 Å². The van der Waals surface area contributed by atoms with E-state index in [0.717, 1.165) is 19.5 Å². The lowest BCUT2D eigenvalue weighted by Gasteiger charge is -2.40. The zero-order valence-electron chi connectivity index (χ0n) is 11.8. The van der Waals surface area contributed by atoms with Gasteiger partial charge in [0.05, 0.1) is 6.61 Å². The van der Waals surface area contributed by atoms with E-state index in [2.05, 4.69) is 31.0 Å². The molecule has 0 radical (unpaired) electrons. The van der Waals surface area contributed by atoms with Crippen LogP contribution in [0.3, 0.4) is 0 Å². The average Bonchev–Trinajstić information content (AvgIpc) is 2.37. The fourth-order valence-corrected chi connectivity index (χ4v) is 2.48. The second kappa shape index (κ2) is 7.34. The van der Waals surface area contributed by atoms with Gasteiger partial charge < -0.3 is 15.3 Å². The Morgan fingerprint density at radius 1 is 1.29 bits per heavy atom. The summed E-state index contributed by atoms with van der Waals surface area (Å²) in [5.74, 6) is 0. The maximum Gasteiger partial charge on any atom is 0.0597 e. The molecule has 0 aliphatic carbocycles. The van der Waals surface area contributed by atoms with Crippen molar-refractivity contribution in [2.75, 3.05) is 32.8 Å². The smallest absolute Gasteiger partial charge is 0.0597 e. The second-order valence-corrected chi connectivity index (χ2v) is 5.80. The third kappa shape index (κ3) is 4.94. The summed E-state index contributed by atoms with van der Waals surface area (Å²) >= 11 is 0. The molecule has 1 atom stereocenters. The number of likely N-dealkylation sites (tertiary alicyclic amines) is 1. The molecule has 1 rings (SSSR count). The van der Waals surface area contributed by atoms with Gasteiger partial charge in [0.1, 0.15) is 0 Å². The van der Waals surface area contributed by atoms with Gasteiger partial charge in [-0.3, -0.25) is 0 Å². The van der Waals surface area contributed by atoms with Gasteiger partial charge in [0.2, 0.25) is 0 Å². The SMILES string of the molecule is CCCNC(CO)CN1CCC(C)(CC)CC1. The van der Waals surface area contributed by atoms with Gasteiger partial charge in [-0.1, -0.05) is 27.2 Å². The molecule has 1 aliphatic rings. The van der Waals surface area contributed by atoms with Crippen molar-refractivity contribution in [2.24, 2.45) is 5.41 Å². The maximum absolute atomic E-state index is 9.34. The quantitative estimate of drug-likeness (QED) is 0.715. The zero-order chi connectivity index (χ0) is 12.7. The first-order chi connectivity index (χ1) is 8.13. The van der Waals surface area contributed by atoms with Crippen LogP contribution in [0.2, 0.25) is 0 Å². The van der Waals surface area contributed by atoms with E-state index in [-0.39, 0.29) is 12.6 Å². The number of aliphatic hydroxyl groups is 1. The van der Waals surface area contributed by atoms with E-state index in [1.54, 1.807) is 0 Å². The minimum absolute atomic E-state index is 0.251. The molecule has 0 saturated carbocycles. The van der Waals surface area contributed by atoms with Crippen molar-refractivity contribution >= 4 is 0 Å². The summed E-state index contributed by atoms with van der Waals surface area (Å²) in [7, 11) is 0. The highest BCUT2D eigenvalue weighted by molar-refractivity contribution is 4.83. The summed E-state index contributed by atoms with van der Waals surface area (Å²) in [6.45, 7) is 11.5. The van der Waals surface area contributed by atoms with Crippen molar-refractivity contribution in [1.29, 1.82) is 0 Å². The van der Waals surface area contributed by atoms with Gasteiger partial charge in [-0.25, -0.2) is 0 Å². The molecule has 0 spiro atoms. The molecule has 3 nitrogen and oxygen atoms in total. The molecular weight excluding hydrogens is 212 g/mol. The van der Waals surface area contributed by atoms with Crippen molar-refractivity contribution in [3.63, 3.8) is 0 Å². The van der Waals surface area contributed by atoms with E-state index in [9.17, 15) is 5.11 Å². The van der Waals surface area contributed by atoms with Crippen LogP contribution in [0.5, 0.6) is 0 Å². The van der Waals surface area contributed by atoms with Crippen LogP contribution in [0.1, 0.15) is 46.5 Å². The van der Waals surface area contributed by atoms with Gasteiger partial charge in [0.25, 0.3) is 0 Å². The number of hydrogen-bond acceptors (Lipinski definition) is 3. The molecule has 2 N–H and O–H groups in total. The topological polar surface area (TPSA) is 35.5 Å². The number of nitrogens with zero attached hydrogens (tertiary/aromatic N) is 1. The molecule has 1 saturated heterocycles. The summed E-state index contributed by atoms with van der Waals surface area (Å²) in [5.41, 5.74) is 0.558. The van der Waals surface area contributed by atoms with E-state index in [0.29, 0.717) is 5.41 Å². The molecule has 1 aliphatic heterocycles. The van der Waals surface area contributed by atoms with Gasteiger partial charge >= 0.3 is 0 Å². The fourth-order valence-electron chi connectivity index (χ4n) is 2.48. The minimum atomic E-state index is 0.251. The Morgan fingerprint density at radius 2 is 1.94 bits per heavy atom. The lowest BCUT2D eigenvalue weighted by Crippen LogP contribution is -2.47. The molecule has 1 unspecified atom stereocenters. The van der Waals surface area contributed by atoms with Crippen LogP contribution in [-0.4, -0.2) is 48.8 Å². The Labute approximate surface area is 107 Å². The lowest BCUT2D eigenvalue weighted by atomic mass is 9.78. The molecule has 1 fully saturated rings. The van der Waals surface area contributed by atoms with E-state index in [1.807, 2.05) is 0 Å². The summed E-state index contributed by atoms with van der Waals surface area (Å²) in [4.78, 5) is 2.50. The van der Waals surface area contributed by atoms with Gasteiger partial charge in [-0.2, -0.15) is 0 Å². The van der Waals surface area contributed by atoms with Crippen LogP contribution in [-0.2, 0) is 0 Å². The Morgan fingerprint density at radius 3 is 2.41 bits per heavy atom. The predicted molar refractivity (Wildman–Crippen MR) is 73.2 cm³/mol. The highest BCUT2D eigenvalue weighted by Crippen LogP contribution is 2.33. The predicted octanol–water partition coefficient (Wildman–Crippen LogP) is 1.86. The second-order valence-electron chi connectivity index (χ2n) is 5.80. The maximum atomic E-state index is 9.34. The molecule has 17 heavy (non-hydrogen) atoms. The summed E-state index contributed by atoms with van der Waals surface area (Å²) in [5, 5.41) is 12.8. The molecular formula is C14H30N2O. The van der Waals surface area contributed by atoms with Crippen LogP contribution in [0.15, 0.2) is 0 Å². The third-order valence-electron chi connectivity index (χ3n) is 4.30. The molecule has 0 bridgehead atoms. The first-order valence-electron chi connectivity index (χ1n) is 7.20. The monoisotopic (exact) mass is 242 g/mol. The highest BCUT2D eigenvalue weighted by Gasteiger charge is 2.28. The number of aliphatic hydroxyl groups excluding tert-OH is 1. The first-order valence-corrected chi connectivity index (χ1v) is 7.20. The largest absolute Gasteiger partial charge is 0.395 e. The van der Waals surface area contributed by atoms with E-state index >= 15 is 0 Å². The minimum Gasteiger partial charge on any atom is -0.395 e. The van der Waals surface area contributed by atoms with E-state index in [1.165, 1.54) is 32.4 Å². The van der Waals surface area contributed by atoms with Gasteiger partial charge in [-0.05, 0) is 44.3 Å². The lowest BCUT2D eigenvalue weighted by molar-refractivity contribution is 0.0958. The van der Waals surface area contributed by atoms with Crippen LogP contribution >= 0.6 is 0 Å². The van der Waals surface area contributed by atoms with Crippen LogP contribution in [0, 0.1) is 5.41 Å². The molecule has 0 aromatic rings. The van der Waals surface area contributed by atoms with Crippen molar-refractivity contribution in [2.45, 2.75) is 52.5 Å². The molecule has 102 valence electrons. The first kappa shape index (κ1) is 14.9. The fraction of sp³-hybridized carbons (Fsp3) is 1.00. The third-order valence-corrected chi connectivity index (χ3v) is 4.30. The summed E-state index contributed by atoms with van der Waals surface area (Å²) < 4.78 is 0. The van der Waals surface area contributed by atoms with Crippen LogP contribution in [0.25, 0.3) is 0 Å². The Balaban J connectivity index is 2.28. The van der Waals surface area contributed by atoms with E-state index < -0.39 is 0 Å². The van der Waals surface area contributed by atoms with Gasteiger partial charge in [-0.15, -0.1) is 0 Å². The Kier molecular flexibility index (Phi) is 6.45. The number of hydrogen-bond donors (Lipinski definition) is 2. The number of rotatable bonds is 7. The van der Waals surface area contributed by atoms with Crippen LogP contribution < -0.4 is 5.32 Å². The molecule has 1 heterocycles. The Bertz CT molecular complexity index is 200. The van der Waals surface area contributed by atoms with Crippen LogP contribution in [0.4, 0.5) is 0 Å². The Hall–Kier alpha value is -0.120. The zero-order valence-corrected chi connectivity index (χ0v) is 11.8. The molecule has 0 amide bonds. The van der Waals surface area contributed by atoms with Crippen molar-refractivity contribution < 1.29 is 5.11 Å². The normalized spacial score (nSPS) is 22.6. The van der Waals surface area contributed by atoms with Gasteiger partial charge in [0.15, 0.2) is 0 Å². The van der Waals surface area contributed by atoms with Crippen molar-refractivity contribution in [3.8, 4) is 0 Å². The standard InChI is InChI=1S/C14H30N2O/c1-4-8-15-13(12-17)11-16-9-6-14(3,5-2)7-10-16/h13,15,17H,4-12H2,1-3H3. The average molecular weight is 242 g/mol. The molecule has 3 heteroatoms. The highest BCUT2D eigenvalue weighted by atomic mass is 16.3.